The van der Waals surface area contributed by atoms with Crippen LogP contribution in [0.4, 0.5) is 0 Å². The third-order valence-corrected chi connectivity index (χ3v) is 3.27. The molecule has 0 aliphatic rings. The van der Waals surface area contributed by atoms with Crippen molar-refractivity contribution < 1.29 is 9.84 Å². The van der Waals surface area contributed by atoms with Crippen LogP contribution >= 0.6 is 0 Å². The van der Waals surface area contributed by atoms with E-state index in [1.807, 2.05) is 24.3 Å². The average Bonchev–Trinajstić information content (AvgIpc) is 2.46. The summed E-state index contributed by atoms with van der Waals surface area (Å²) < 4.78 is 5.91. The summed E-state index contributed by atoms with van der Waals surface area (Å²) in [4.78, 5) is 0. The maximum Gasteiger partial charge on any atom is 0.134 e. The maximum absolute atomic E-state index is 8.89. The molecule has 3 rings (SSSR count). The van der Waals surface area contributed by atoms with Crippen molar-refractivity contribution in [3.63, 3.8) is 0 Å². The third kappa shape index (κ3) is 2.27. The first-order chi connectivity index (χ1) is 9.40. The standard InChI is InChI=1S/C17H16O2/c18-10-5-11-19-17-15-8-3-1-6-13(15)12-14-7-2-4-9-16(14)17/h1-4,6-9,12,18H,5,10-11H2. The Bertz CT molecular complexity index is 650. The molecule has 96 valence electrons. The highest BCUT2D eigenvalue weighted by molar-refractivity contribution is 6.05. The molecule has 2 heteroatoms. The van der Waals surface area contributed by atoms with Gasteiger partial charge in [0.15, 0.2) is 0 Å². The average molecular weight is 252 g/mol. The van der Waals surface area contributed by atoms with E-state index in [0.29, 0.717) is 13.0 Å². The molecule has 2 nitrogen and oxygen atoms in total. The molecule has 0 bridgehead atoms. The zero-order valence-electron chi connectivity index (χ0n) is 10.7. The summed E-state index contributed by atoms with van der Waals surface area (Å²) in [5.41, 5.74) is 0. The van der Waals surface area contributed by atoms with Gasteiger partial charge in [0.1, 0.15) is 5.75 Å². The molecule has 0 aliphatic carbocycles. The van der Waals surface area contributed by atoms with Crippen LogP contribution in [0.3, 0.4) is 0 Å². The van der Waals surface area contributed by atoms with Gasteiger partial charge in [-0.2, -0.15) is 0 Å². The fraction of sp³-hybridized carbons (Fsp3) is 0.176. The molecule has 0 radical (unpaired) electrons. The molecule has 19 heavy (non-hydrogen) atoms. The summed E-state index contributed by atoms with van der Waals surface area (Å²) in [5, 5.41) is 13.5. The van der Waals surface area contributed by atoms with E-state index < -0.39 is 0 Å². The summed E-state index contributed by atoms with van der Waals surface area (Å²) in [7, 11) is 0. The number of aliphatic hydroxyl groups is 1. The Kier molecular flexibility index (Phi) is 3.34. The molecule has 0 amide bonds. The van der Waals surface area contributed by atoms with Crippen molar-refractivity contribution in [1.29, 1.82) is 0 Å². The first-order valence-electron chi connectivity index (χ1n) is 6.54. The number of ether oxygens (including phenoxy) is 1. The SMILES string of the molecule is OCCCOc1c2ccccc2cc2ccccc12. The minimum absolute atomic E-state index is 0.155. The van der Waals surface area contributed by atoms with Crippen molar-refractivity contribution in [3.8, 4) is 5.75 Å². The van der Waals surface area contributed by atoms with Gasteiger partial charge in [0.25, 0.3) is 0 Å². The Labute approximate surface area is 112 Å². The molecular weight excluding hydrogens is 236 g/mol. The summed E-state index contributed by atoms with van der Waals surface area (Å²) in [6.07, 6.45) is 0.650. The second kappa shape index (κ2) is 5.29. The molecule has 1 N–H and O–H groups in total. The first kappa shape index (κ1) is 12.0. The molecule has 0 fully saturated rings. The zero-order valence-corrected chi connectivity index (χ0v) is 10.7. The third-order valence-electron chi connectivity index (χ3n) is 3.27. The second-order valence-electron chi connectivity index (χ2n) is 4.57. The van der Waals surface area contributed by atoms with Crippen LogP contribution < -0.4 is 4.74 Å². The van der Waals surface area contributed by atoms with E-state index in [9.17, 15) is 0 Å². The highest BCUT2D eigenvalue weighted by Crippen LogP contribution is 2.34. The van der Waals surface area contributed by atoms with Crippen LogP contribution in [-0.4, -0.2) is 18.3 Å². The highest BCUT2D eigenvalue weighted by Gasteiger charge is 2.07. The van der Waals surface area contributed by atoms with Crippen LogP contribution in [0.1, 0.15) is 6.42 Å². The molecule has 0 heterocycles. The largest absolute Gasteiger partial charge is 0.492 e. The second-order valence-corrected chi connectivity index (χ2v) is 4.57. The van der Waals surface area contributed by atoms with E-state index in [2.05, 4.69) is 30.3 Å². The van der Waals surface area contributed by atoms with E-state index in [4.69, 9.17) is 9.84 Å². The lowest BCUT2D eigenvalue weighted by atomic mass is 10.0. The van der Waals surface area contributed by atoms with Crippen LogP contribution in [0, 0.1) is 0 Å². The fourth-order valence-corrected chi connectivity index (χ4v) is 2.37. The van der Waals surface area contributed by atoms with Gasteiger partial charge >= 0.3 is 0 Å². The lowest BCUT2D eigenvalue weighted by Crippen LogP contribution is -2.00. The Morgan fingerprint density at radius 3 is 2.00 bits per heavy atom. The number of aliphatic hydroxyl groups excluding tert-OH is 1. The van der Waals surface area contributed by atoms with Gasteiger partial charge in [-0.15, -0.1) is 0 Å². The predicted octanol–water partition coefficient (Wildman–Crippen LogP) is 3.75. The Hall–Kier alpha value is -2.06. The smallest absolute Gasteiger partial charge is 0.134 e. The molecule has 0 spiro atoms. The number of hydrogen-bond donors (Lipinski definition) is 1. The van der Waals surface area contributed by atoms with Gasteiger partial charge < -0.3 is 9.84 Å². The van der Waals surface area contributed by atoms with Crippen LogP contribution in [0.2, 0.25) is 0 Å². The number of rotatable bonds is 4. The van der Waals surface area contributed by atoms with Crippen LogP contribution in [0.15, 0.2) is 54.6 Å². The molecule has 0 unspecified atom stereocenters. The molecular formula is C17H16O2. The lowest BCUT2D eigenvalue weighted by Gasteiger charge is -2.12. The van der Waals surface area contributed by atoms with Crippen molar-refractivity contribution in [2.24, 2.45) is 0 Å². The van der Waals surface area contributed by atoms with E-state index in [1.54, 1.807) is 0 Å². The predicted molar refractivity (Wildman–Crippen MR) is 78.7 cm³/mol. The van der Waals surface area contributed by atoms with Gasteiger partial charge in [-0.3, -0.25) is 0 Å². The molecule has 0 aliphatic heterocycles. The Morgan fingerprint density at radius 2 is 1.42 bits per heavy atom. The van der Waals surface area contributed by atoms with Crippen molar-refractivity contribution in [3.05, 3.63) is 54.6 Å². The van der Waals surface area contributed by atoms with Crippen LogP contribution in [-0.2, 0) is 0 Å². The minimum atomic E-state index is 0.155. The van der Waals surface area contributed by atoms with Crippen molar-refractivity contribution in [2.75, 3.05) is 13.2 Å². The van der Waals surface area contributed by atoms with E-state index in [-0.39, 0.29) is 6.61 Å². The summed E-state index contributed by atoms with van der Waals surface area (Å²) in [5.74, 6) is 0.919. The summed E-state index contributed by atoms with van der Waals surface area (Å²) in [6, 6.07) is 18.7. The number of fused-ring (bicyclic) bond motifs is 2. The zero-order chi connectivity index (χ0) is 13.1. The Balaban J connectivity index is 2.21. The van der Waals surface area contributed by atoms with Crippen molar-refractivity contribution in [1.82, 2.24) is 0 Å². The molecule has 0 saturated carbocycles. The minimum Gasteiger partial charge on any atom is -0.492 e. The van der Waals surface area contributed by atoms with Gasteiger partial charge in [-0.1, -0.05) is 48.5 Å². The quantitative estimate of drug-likeness (QED) is 0.566. The van der Waals surface area contributed by atoms with Crippen LogP contribution in [0.25, 0.3) is 21.5 Å². The molecule has 0 saturated heterocycles. The van der Waals surface area contributed by atoms with Gasteiger partial charge in [0, 0.05) is 23.8 Å². The van der Waals surface area contributed by atoms with Crippen LogP contribution in [0.5, 0.6) is 5.75 Å². The topological polar surface area (TPSA) is 29.5 Å². The van der Waals surface area contributed by atoms with Gasteiger partial charge in [-0.05, 0) is 16.8 Å². The summed E-state index contributed by atoms with van der Waals surface area (Å²) >= 11 is 0. The highest BCUT2D eigenvalue weighted by atomic mass is 16.5. The van der Waals surface area contributed by atoms with Gasteiger partial charge in [0.2, 0.25) is 0 Å². The van der Waals surface area contributed by atoms with Crippen molar-refractivity contribution >= 4 is 21.5 Å². The fourth-order valence-electron chi connectivity index (χ4n) is 2.37. The maximum atomic E-state index is 8.89. The summed E-state index contributed by atoms with van der Waals surface area (Å²) in [6.45, 7) is 0.692. The molecule has 3 aromatic rings. The lowest BCUT2D eigenvalue weighted by molar-refractivity contribution is 0.236. The normalized spacial score (nSPS) is 11.0. The van der Waals surface area contributed by atoms with E-state index >= 15 is 0 Å². The van der Waals surface area contributed by atoms with Gasteiger partial charge in [0.05, 0.1) is 6.61 Å². The molecule has 0 atom stereocenters. The Morgan fingerprint density at radius 1 is 0.842 bits per heavy atom. The van der Waals surface area contributed by atoms with Gasteiger partial charge in [-0.25, -0.2) is 0 Å². The monoisotopic (exact) mass is 252 g/mol. The van der Waals surface area contributed by atoms with E-state index in [1.165, 1.54) is 10.8 Å². The first-order valence-corrected chi connectivity index (χ1v) is 6.54. The van der Waals surface area contributed by atoms with E-state index in [0.717, 1.165) is 16.5 Å². The number of benzene rings is 3. The van der Waals surface area contributed by atoms with Crippen molar-refractivity contribution in [2.45, 2.75) is 6.42 Å². The number of hydrogen-bond acceptors (Lipinski definition) is 2. The molecule has 3 aromatic carbocycles. The molecule has 0 aromatic heterocycles.